The maximum Gasteiger partial charge on any atom is 0.230 e. The Kier molecular flexibility index (Phi) is 3.36. The normalized spacial score (nSPS) is 13.9. The van der Waals surface area contributed by atoms with Gasteiger partial charge in [-0.1, -0.05) is 39.8 Å². The summed E-state index contributed by atoms with van der Waals surface area (Å²) in [5, 5.41) is 3.04. The zero-order chi connectivity index (χ0) is 15.1. The van der Waals surface area contributed by atoms with Crippen molar-refractivity contribution in [2.24, 2.45) is 0 Å². The zero-order valence-electron chi connectivity index (χ0n) is 13.1. The highest BCUT2D eigenvalue weighted by molar-refractivity contribution is 6.00. The molecule has 21 heavy (non-hydrogen) atoms. The first-order valence-corrected chi connectivity index (χ1v) is 7.61. The number of amides is 1. The number of carbonyl (C=O) groups excluding carboxylic acids is 1. The lowest BCUT2D eigenvalue weighted by Crippen LogP contribution is -2.13. The van der Waals surface area contributed by atoms with E-state index in [9.17, 15) is 4.79 Å². The van der Waals surface area contributed by atoms with Crippen molar-refractivity contribution in [2.45, 2.75) is 46.0 Å². The molecular formula is C18H22N2O. The lowest BCUT2D eigenvalue weighted by Gasteiger charge is -2.12. The van der Waals surface area contributed by atoms with Gasteiger partial charge in [0.15, 0.2) is 0 Å². The van der Waals surface area contributed by atoms with Crippen LogP contribution in [0.4, 0.5) is 5.69 Å². The maximum atomic E-state index is 12.1. The molecule has 1 aliphatic rings. The van der Waals surface area contributed by atoms with Crippen molar-refractivity contribution >= 4 is 11.6 Å². The van der Waals surface area contributed by atoms with Crippen LogP contribution in [0.3, 0.4) is 0 Å². The average molecular weight is 282 g/mol. The first-order valence-electron chi connectivity index (χ1n) is 7.61. The summed E-state index contributed by atoms with van der Waals surface area (Å²) in [6, 6.07) is 8.59. The number of hydrogen-bond acceptors (Lipinski definition) is 1. The molecule has 0 radical (unpaired) electrons. The van der Waals surface area contributed by atoms with Crippen LogP contribution in [0, 0.1) is 0 Å². The maximum absolute atomic E-state index is 12.1. The van der Waals surface area contributed by atoms with Crippen molar-refractivity contribution < 1.29 is 4.79 Å². The molecule has 1 aliphatic heterocycles. The monoisotopic (exact) mass is 282 g/mol. The van der Waals surface area contributed by atoms with Gasteiger partial charge in [0.05, 0.1) is 6.42 Å². The zero-order valence-corrected chi connectivity index (χ0v) is 13.1. The van der Waals surface area contributed by atoms with E-state index in [2.05, 4.69) is 62.3 Å². The molecule has 110 valence electrons. The third-order valence-corrected chi connectivity index (χ3v) is 4.15. The average Bonchev–Trinajstić information content (AvgIpc) is 2.77. The van der Waals surface area contributed by atoms with Crippen LogP contribution in [-0.2, 0) is 11.2 Å². The van der Waals surface area contributed by atoms with Crippen LogP contribution in [0.2, 0.25) is 0 Å². The van der Waals surface area contributed by atoms with E-state index in [1.165, 1.54) is 11.3 Å². The Hall–Kier alpha value is -2.03. The number of hydrogen-bond donors (Lipinski definition) is 2. The molecule has 2 aromatic rings. The molecule has 2 N–H and O–H groups in total. The standard InChI is InChI=1S/C18H22N2O/c1-10(2)12-5-6-13-14-8-15(11(3)4)19-17(14)9-18(21)20-16(13)7-12/h5-8,10-11,19H,9H2,1-4H3,(H,20,21). The third-order valence-electron chi connectivity index (χ3n) is 4.15. The fourth-order valence-electron chi connectivity index (χ4n) is 2.83. The molecule has 0 bridgehead atoms. The van der Waals surface area contributed by atoms with Gasteiger partial charge in [0.2, 0.25) is 5.91 Å². The van der Waals surface area contributed by atoms with Gasteiger partial charge in [0, 0.05) is 28.2 Å². The van der Waals surface area contributed by atoms with E-state index in [-0.39, 0.29) is 5.91 Å². The molecule has 0 saturated carbocycles. The quantitative estimate of drug-likeness (QED) is 0.841. The van der Waals surface area contributed by atoms with Crippen LogP contribution in [0.5, 0.6) is 0 Å². The van der Waals surface area contributed by atoms with Crippen molar-refractivity contribution in [3.8, 4) is 11.1 Å². The summed E-state index contributed by atoms with van der Waals surface area (Å²) in [6.45, 7) is 8.65. The van der Waals surface area contributed by atoms with Crippen LogP contribution >= 0.6 is 0 Å². The summed E-state index contributed by atoms with van der Waals surface area (Å²) in [5.41, 5.74) is 6.66. The summed E-state index contributed by atoms with van der Waals surface area (Å²) >= 11 is 0. The van der Waals surface area contributed by atoms with Gasteiger partial charge in [-0.25, -0.2) is 0 Å². The Bertz CT molecular complexity index is 695. The van der Waals surface area contributed by atoms with Gasteiger partial charge >= 0.3 is 0 Å². The van der Waals surface area contributed by atoms with Crippen LogP contribution in [0.15, 0.2) is 24.3 Å². The van der Waals surface area contributed by atoms with Crippen molar-refractivity contribution in [2.75, 3.05) is 5.32 Å². The minimum atomic E-state index is 0.0491. The van der Waals surface area contributed by atoms with E-state index in [0.717, 1.165) is 22.5 Å². The minimum Gasteiger partial charge on any atom is -0.361 e. The molecule has 0 aliphatic carbocycles. The molecular weight excluding hydrogens is 260 g/mol. The van der Waals surface area contributed by atoms with E-state index in [4.69, 9.17) is 0 Å². The summed E-state index contributed by atoms with van der Waals surface area (Å²) in [5.74, 6) is 0.929. The molecule has 3 nitrogen and oxygen atoms in total. The molecule has 1 amide bonds. The molecule has 0 spiro atoms. The molecule has 3 heteroatoms. The highest BCUT2D eigenvalue weighted by atomic mass is 16.1. The Morgan fingerprint density at radius 2 is 1.76 bits per heavy atom. The number of nitrogens with one attached hydrogen (secondary N) is 2. The van der Waals surface area contributed by atoms with E-state index in [1.807, 2.05) is 0 Å². The van der Waals surface area contributed by atoms with Crippen LogP contribution < -0.4 is 5.32 Å². The molecule has 0 unspecified atom stereocenters. The predicted octanol–water partition coefficient (Wildman–Crippen LogP) is 4.42. The van der Waals surface area contributed by atoms with Crippen LogP contribution in [0.1, 0.15) is 56.5 Å². The predicted molar refractivity (Wildman–Crippen MR) is 86.7 cm³/mol. The van der Waals surface area contributed by atoms with Gasteiger partial charge in [-0.2, -0.15) is 0 Å². The highest BCUT2D eigenvalue weighted by Crippen LogP contribution is 2.37. The fourth-order valence-corrected chi connectivity index (χ4v) is 2.83. The Balaban J connectivity index is 2.17. The van der Waals surface area contributed by atoms with Gasteiger partial charge < -0.3 is 10.3 Å². The second-order valence-corrected chi connectivity index (χ2v) is 6.46. The molecule has 1 aromatic carbocycles. The van der Waals surface area contributed by atoms with Gasteiger partial charge in [-0.15, -0.1) is 0 Å². The van der Waals surface area contributed by atoms with Crippen molar-refractivity contribution in [3.05, 3.63) is 41.2 Å². The number of anilines is 1. The Morgan fingerprint density at radius 1 is 1.00 bits per heavy atom. The summed E-state index contributed by atoms with van der Waals surface area (Å²) < 4.78 is 0. The van der Waals surface area contributed by atoms with Crippen molar-refractivity contribution in [1.29, 1.82) is 0 Å². The van der Waals surface area contributed by atoms with Crippen LogP contribution in [-0.4, -0.2) is 10.9 Å². The van der Waals surface area contributed by atoms with Gasteiger partial charge in [-0.05, 0) is 29.5 Å². The second kappa shape index (κ2) is 5.06. The highest BCUT2D eigenvalue weighted by Gasteiger charge is 2.22. The number of aromatic nitrogens is 1. The molecule has 2 heterocycles. The van der Waals surface area contributed by atoms with Crippen molar-refractivity contribution in [1.82, 2.24) is 4.98 Å². The molecule has 0 atom stereocenters. The SMILES string of the molecule is CC(C)c1ccc2c(c1)NC(=O)Cc1[nH]c(C(C)C)cc1-2. The fraction of sp³-hybridized carbons (Fsp3) is 0.389. The van der Waals surface area contributed by atoms with E-state index >= 15 is 0 Å². The smallest absolute Gasteiger partial charge is 0.230 e. The largest absolute Gasteiger partial charge is 0.361 e. The lowest BCUT2D eigenvalue weighted by molar-refractivity contribution is -0.115. The number of carbonyl (C=O) groups is 1. The number of aromatic amines is 1. The number of benzene rings is 1. The lowest BCUT2D eigenvalue weighted by atomic mass is 9.97. The van der Waals surface area contributed by atoms with E-state index in [1.54, 1.807) is 0 Å². The summed E-state index contributed by atoms with van der Waals surface area (Å²) in [7, 11) is 0. The van der Waals surface area contributed by atoms with Crippen molar-refractivity contribution in [3.63, 3.8) is 0 Å². The van der Waals surface area contributed by atoms with Crippen LogP contribution in [0.25, 0.3) is 11.1 Å². The first kappa shape index (κ1) is 13.9. The molecule has 3 rings (SSSR count). The number of fused-ring (bicyclic) bond motifs is 3. The number of H-pyrrole nitrogens is 1. The summed E-state index contributed by atoms with van der Waals surface area (Å²) in [6.07, 6.45) is 0.410. The van der Waals surface area contributed by atoms with Gasteiger partial charge in [0.25, 0.3) is 0 Å². The Labute approximate surface area is 125 Å². The molecule has 1 aromatic heterocycles. The molecule has 0 saturated heterocycles. The first-order chi connectivity index (χ1) is 9.95. The Morgan fingerprint density at radius 3 is 2.43 bits per heavy atom. The van der Waals surface area contributed by atoms with Gasteiger partial charge in [0.1, 0.15) is 0 Å². The number of rotatable bonds is 2. The molecule has 0 fully saturated rings. The third kappa shape index (κ3) is 2.48. The van der Waals surface area contributed by atoms with E-state index < -0.39 is 0 Å². The van der Waals surface area contributed by atoms with E-state index in [0.29, 0.717) is 18.3 Å². The topological polar surface area (TPSA) is 44.9 Å². The minimum absolute atomic E-state index is 0.0491. The van der Waals surface area contributed by atoms with Gasteiger partial charge in [-0.3, -0.25) is 4.79 Å². The summed E-state index contributed by atoms with van der Waals surface area (Å²) in [4.78, 5) is 15.6. The second-order valence-electron chi connectivity index (χ2n) is 6.46.